The number of hydrogen-bond donors (Lipinski definition) is 2. The maximum Gasteiger partial charge on any atom is 0.260 e. The van der Waals surface area contributed by atoms with E-state index in [0.29, 0.717) is 6.54 Å². The highest BCUT2D eigenvalue weighted by atomic mass is 15.7. The van der Waals surface area contributed by atoms with Crippen LogP contribution in [0.15, 0.2) is 54.6 Å². The van der Waals surface area contributed by atoms with Crippen LogP contribution in [-0.4, -0.2) is 20.3 Å². The summed E-state index contributed by atoms with van der Waals surface area (Å²) in [6, 6.07) is 18.6. The number of anilines is 1. The van der Waals surface area contributed by atoms with Gasteiger partial charge in [-0.05, 0) is 27.1 Å². The van der Waals surface area contributed by atoms with Crippen LogP contribution in [0.3, 0.4) is 0 Å². The lowest BCUT2D eigenvalue weighted by Gasteiger charge is -2.07. The average molecular weight is 266 g/mol. The highest BCUT2D eigenvalue weighted by molar-refractivity contribution is 5.63. The number of nitrogen functional groups attached to an aromatic ring is 1. The summed E-state index contributed by atoms with van der Waals surface area (Å²) in [6.45, 7) is 0.601. The summed E-state index contributed by atoms with van der Waals surface area (Å²) in [4.78, 5) is 1.35. The maximum atomic E-state index is 5.57. The van der Waals surface area contributed by atoms with Crippen molar-refractivity contribution < 1.29 is 0 Å². The summed E-state index contributed by atoms with van der Waals surface area (Å²) in [5.41, 5.74) is 12.1. The molecule has 2 aromatic carbocycles. The molecule has 0 spiro atoms. The molecule has 0 saturated heterocycles. The minimum absolute atomic E-state index is 0.242. The van der Waals surface area contributed by atoms with E-state index >= 15 is 0 Å². The van der Waals surface area contributed by atoms with Gasteiger partial charge in [0.2, 0.25) is 0 Å². The number of nitrogens with one attached hydrogen (secondary N) is 1. The van der Waals surface area contributed by atoms with Crippen molar-refractivity contribution in [2.45, 2.75) is 6.54 Å². The first-order valence-electron chi connectivity index (χ1n) is 6.25. The molecule has 0 amide bonds. The number of tetrazole rings is 1. The van der Waals surface area contributed by atoms with E-state index < -0.39 is 0 Å². The zero-order valence-corrected chi connectivity index (χ0v) is 10.8. The van der Waals surface area contributed by atoms with Gasteiger partial charge < -0.3 is 11.2 Å². The highest BCUT2D eigenvalue weighted by Crippen LogP contribution is 2.19. The Morgan fingerprint density at radius 1 is 0.950 bits per heavy atom. The average Bonchev–Trinajstić information content (AvgIpc) is 2.92. The Morgan fingerprint density at radius 2 is 1.65 bits per heavy atom. The Hall–Kier alpha value is -2.89. The van der Waals surface area contributed by atoms with Crippen LogP contribution in [0.4, 0.5) is 5.95 Å². The van der Waals surface area contributed by atoms with E-state index in [4.69, 9.17) is 5.73 Å². The van der Waals surface area contributed by atoms with Crippen molar-refractivity contribution in [1.82, 2.24) is 20.3 Å². The minimum atomic E-state index is 0.242. The van der Waals surface area contributed by atoms with Crippen LogP contribution >= 0.6 is 0 Å². The molecule has 3 rings (SSSR count). The molecule has 3 N–H and O–H groups in total. The fraction of sp³-hybridized carbons (Fsp3) is 0.0714. The lowest BCUT2D eigenvalue weighted by atomic mass is 10.0. The predicted octanol–water partition coefficient (Wildman–Crippen LogP) is 1.67. The molecule has 100 valence electrons. The second-order valence-corrected chi connectivity index (χ2v) is 4.35. The molecule has 0 fully saturated rings. The van der Waals surface area contributed by atoms with Gasteiger partial charge in [0.25, 0.3) is 5.95 Å². The van der Waals surface area contributed by atoms with E-state index in [1.54, 1.807) is 0 Å². The monoisotopic (exact) mass is 266 g/mol. The smallest absolute Gasteiger partial charge is 0.260 e. The molecule has 0 unspecified atom stereocenters. The standard InChI is InChI=1S/C14H14N6/c15-14-17-18-19-20(14)16-10-11-6-8-13(9-7-11)12-4-2-1-3-5-12/h1-9,16H,10H2,(H2,15,17,19). The Bertz CT molecular complexity index is 674. The van der Waals surface area contributed by atoms with Crippen molar-refractivity contribution in [3.05, 3.63) is 60.2 Å². The van der Waals surface area contributed by atoms with Gasteiger partial charge >= 0.3 is 0 Å². The van der Waals surface area contributed by atoms with E-state index in [9.17, 15) is 0 Å². The van der Waals surface area contributed by atoms with Gasteiger partial charge in [-0.2, -0.15) is 0 Å². The Labute approximate surface area is 116 Å². The van der Waals surface area contributed by atoms with Crippen LogP contribution < -0.4 is 11.2 Å². The third-order valence-corrected chi connectivity index (χ3v) is 2.99. The summed E-state index contributed by atoms with van der Waals surface area (Å²) in [5.74, 6) is 0.242. The van der Waals surface area contributed by atoms with Gasteiger partial charge in [-0.1, -0.05) is 59.7 Å². The lowest BCUT2D eigenvalue weighted by molar-refractivity contribution is 0.693. The van der Waals surface area contributed by atoms with E-state index in [-0.39, 0.29) is 5.95 Å². The number of hydrogen-bond acceptors (Lipinski definition) is 5. The molecule has 0 bridgehead atoms. The zero-order valence-electron chi connectivity index (χ0n) is 10.8. The Morgan fingerprint density at radius 3 is 2.30 bits per heavy atom. The number of aromatic nitrogens is 4. The van der Waals surface area contributed by atoms with E-state index in [1.807, 2.05) is 18.2 Å². The highest BCUT2D eigenvalue weighted by Gasteiger charge is 2.01. The van der Waals surface area contributed by atoms with Crippen molar-refractivity contribution in [3.8, 4) is 11.1 Å². The minimum Gasteiger partial charge on any atom is -0.365 e. The third kappa shape index (κ3) is 2.59. The number of nitrogens with zero attached hydrogens (tertiary/aromatic N) is 4. The van der Waals surface area contributed by atoms with E-state index in [0.717, 1.165) is 5.56 Å². The van der Waals surface area contributed by atoms with Crippen LogP contribution in [0, 0.1) is 0 Å². The van der Waals surface area contributed by atoms with Crippen LogP contribution in [0.5, 0.6) is 0 Å². The molecule has 1 aromatic heterocycles. The van der Waals surface area contributed by atoms with Crippen molar-refractivity contribution in [2.75, 3.05) is 11.2 Å². The number of nitrogens with two attached hydrogens (primary N) is 1. The first kappa shape index (κ1) is 12.2. The Balaban J connectivity index is 1.69. The quantitative estimate of drug-likeness (QED) is 0.750. The fourth-order valence-corrected chi connectivity index (χ4v) is 1.92. The van der Waals surface area contributed by atoms with Crippen LogP contribution in [0.2, 0.25) is 0 Å². The number of rotatable bonds is 4. The maximum absolute atomic E-state index is 5.57. The topological polar surface area (TPSA) is 81.7 Å². The molecule has 1 heterocycles. The van der Waals surface area contributed by atoms with Gasteiger partial charge in [-0.3, -0.25) is 0 Å². The van der Waals surface area contributed by atoms with Crippen molar-refractivity contribution in [2.24, 2.45) is 0 Å². The van der Waals surface area contributed by atoms with Gasteiger partial charge in [-0.15, -0.1) is 4.79 Å². The molecule has 0 radical (unpaired) electrons. The van der Waals surface area contributed by atoms with Gasteiger partial charge in [0.05, 0.1) is 6.54 Å². The van der Waals surface area contributed by atoms with Crippen LogP contribution in [0.25, 0.3) is 11.1 Å². The van der Waals surface area contributed by atoms with E-state index in [2.05, 4.69) is 57.3 Å². The normalized spacial score (nSPS) is 10.4. The second kappa shape index (κ2) is 5.40. The summed E-state index contributed by atoms with van der Waals surface area (Å²) >= 11 is 0. The van der Waals surface area contributed by atoms with E-state index in [1.165, 1.54) is 15.9 Å². The van der Waals surface area contributed by atoms with Crippen LogP contribution in [0.1, 0.15) is 5.56 Å². The van der Waals surface area contributed by atoms with Gasteiger partial charge in [0.1, 0.15) is 0 Å². The van der Waals surface area contributed by atoms with Gasteiger partial charge in [0.15, 0.2) is 0 Å². The molecule has 6 heteroatoms. The number of benzene rings is 2. The predicted molar refractivity (Wildman–Crippen MR) is 77.2 cm³/mol. The summed E-state index contributed by atoms with van der Waals surface area (Å²) < 4.78 is 0. The molecule has 0 aliphatic heterocycles. The van der Waals surface area contributed by atoms with Gasteiger partial charge in [-0.25, -0.2) is 0 Å². The largest absolute Gasteiger partial charge is 0.365 e. The van der Waals surface area contributed by atoms with Crippen molar-refractivity contribution in [3.63, 3.8) is 0 Å². The lowest BCUT2D eigenvalue weighted by Crippen LogP contribution is -2.18. The molecule has 0 atom stereocenters. The molecule has 0 aliphatic carbocycles. The fourth-order valence-electron chi connectivity index (χ4n) is 1.92. The molecule has 0 saturated carbocycles. The molecule has 3 aromatic rings. The zero-order chi connectivity index (χ0) is 13.8. The summed E-state index contributed by atoms with van der Waals surface area (Å²) in [6.07, 6.45) is 0. The van der Waals surface area contributed by atoms with Crippen molar-refractivity contribution in [1.29, 1.82) is 0 Å². The second-order valence-electron chi connectivity index (χ2n) is 4.35. The molecular weight excluding hydrogens is 252 g/mol. The third-order valence-electron chi connectivity index (χ3n) is 2.99. The first-order valence-corrected chi connectivity index (χ1v) is 6.25. The Kier molecular flexibility index (Phi) is 3.28. The van der Waals surface area contributed by atoms with Gasteiger partial charge in [0, 0.05) is 0 Å². The molecule has 20 heavy (non-hydrogen) atoms. The van der Waals surface area contributed by atoms with Crippen molar-refractivity contribution >= 4 is 5.95 Å². The summed E-state index contributed by atoms with van der Waals surface area (Å²) in [7, 11) is 0. The molecule has 6 nitrogen and oxygen atoms in total. The van der Waals surface area contributed by atoms with Crippen LogP contribution in [-0.2, 0) is 6.54 Å². The summed E-state index contributed by atoms with van der Waals surface area (Å²) in [5, 5.41) is 10.8. The molecule has 0 aliphatic rings. The SMILES string of the molecule is Nc1nnnn1NCc1ccc(-c2ccccc2)cc1. The molecular formula is C14H14N6. The first-order chi connectivity index (χ1) is 9.83.